The summed E-state index contributed by atoms with van der Waals surface area (Å²) in [6, 6.07) is 9.29. The fourth-order valence-electron chi connectivity index (χ4n) is 2.20. The molecule has 1 aromatic carbocycles. The van der Waals surface area contributed by atoms with Crippen molar-refractivity contribution in [1.82, 2.24) is 0 Å². The normalized spacial score (nSPS) is 23.4. The molecule has 0 spiro atoms. The van der Waals surface area contributed by atoms with Gasteiger partial charge in [0, 0.05) is 18.2 Å². The van der Waals surface area contributed by atoms with Gasteiger partial charge in [0.25, 0.3) is 4.08 Å². The summed E-state index contributed by atoms with van der Waals surface area (Å²) in [4.78, 5) is 17.1. The van der Waals surface area contributed by atoms with Gasteiger partial charge in [0.15, 0.2) is 9.84 Å². The van der Waals surface area contributed by atoms with Crippen molar-refractivity contribution >= 4 is 38.2 Å². The van der Waals surface area contributed by atoms with E-state index in [0.29, 0.717) is 4.91 Å². The van der Waals surface area contributed by atoms with Gasteiger partial charge in [-0.15, -0.1) is 0 Å². The zero-order valence-corrected chi connectivity index (χ0v) is 14.2. The average molecular weight is 339 g/mol. The topological polar surface area (TPSA) is 72.8 Å². The minimum absolute atomic E-state index is 0.105. The molecule has 1 unspecified atom stereocenters. The summed E-state index contributed by atoms with van der Waals surface area (Å²) in [6.45, 7) is 1.75. The van der Waals surface area contributed by atoms with Crippen molar-refractivity contribution in [2.75, 3.05) is 19.9 Å². The zero-order valence-electron chi connectivity index (χ0n) is 12.6. The SMILES string of the molecule is CCOC(=O)C1(S(C)(=O)=O)SC(c2ccccc2)=CC1=NC. The Hall–Kier alpha value is -1.60. The third kappa shape index (κ3) is 2.70. The molecule has 0 bridgehead atoms. The molecule has 0 fully saturated rings. The van der Waals surface area contributed by atoms with Gasteiger partial charge in [-0.05, 0) is 18.6 Å². The Bertz CT molecular complexity index is 738. The van der Waals surface area contributed by atoms with Crippen molar-refractivity contribution in [3.8, 4) is 0 Å². The van der Waals surface area contributed by atoms with Gasteiger partial charge < -0.3 is 4.74 Å². The Morgan fingerprint density at radius 2 is 1.95 bits per heavy atom. The standard InChI is InChI=1S/C15H17NO4S2/c1-4-20-14(17)15(22(3,18)19)13(16-2)10-12(21-15)11-8-6-5-7-9-11/h5-10H,4H2,1-3H3. The van der Waals surface area contributed by atoms with E-state index in [9.17, 15) is 13.2 Å². The lowest BCUT2D eigenvalue weighted by molar-refractivity contribution is -0.141. The Morgan fingerprint density at radius 1 is 1.32 bits per heavy atom. The maximum atomic E-state index is 12.4. The highest BCUT2D eigenvalue weighted by molar-refractivity contribution is 8.22. The number of hydrogen-bond donors (Lipinski definition) is 0. The Kier molecular flexibility index (Phi) is 4.77. The van der Waals surface area contributed by atoms with Crippen LogP contribution in [-0.2, 0) is 19.4 Å². The minimum atomic E-state index is -3.78. The van der Waals surface area contributed by atoms with Crippen LogP contribution in [0.1, 0.15) is 12.5 Å². The zero-order chi connectivity index (χ0) is 16.4. The number of carbonyl (C=O) groups excluding carboxylic acids is 1. The molecule has 22 heavy (non-hydrogen) atoms. The van der Waals surface area contributed by atoms with Gasteiger partial charge in [-0.25, -0.2) is 13.2 Å². The van der Waals surface area contributed by atoms with Crippen molar-refractivity contribution in [3.63, 3.8) is 0 Å². The van der Waals surface area contributed by atoms with Gasteiger partial charge in [0.2, 0.25) is 0 Å². The molecule has 0 amide bonds. The second kappa shape index (κ2) is 6.26. The number of nitrogens with zero attached hydrogens (tertiary/aromatic N) is 1. The van der Waals surface area contributed by atoms with Gasteiger partial charge in [0.1, 0.15) is 0 Å². The number of sulfone groups is 1. The molecule has 0 saturated heterocycles. The van der Waals surface area contributed by atoms with Crippen LogP contribution in [0.3, 0.4) is 0 Å². The molecule has 1 aromatic rings. The van der Waals surface area contributed by atoms with Gasteiger partial charge in [0.05, 0.1) is 12.3 Å². The summed E-state index contributed by atoms with van der Waals surface area (Å²) >= 11 is 0.967. The number of allylic oxidation sites excluding steroid dienone is 1. The van der Waals surface area contributed by atoms with Crippen LogP contribution in [-0.4, -0.2) is 44.1 Å². The molecule has 0 saturated carbocycles. The molecule has 0 N–H and O–H groups in total. The van der Waals surface area contributed by atoms with E-state index in [1.54, 1.807) is 13.0 Å². The fraction of sp³-hybridized carbons (Fsp3) is 0.333. The lowest BCUT2D eigenvalue weighted by atomic mass is 10.1. The number of thioether (sulfide) groups is 1. The Balaban J connectivity index is 2.57. The van der Waals surface area contributed by atoms with E-state index in [4.69, 9.17) is 4.74 Å². The largest absolute Gasteiger partial charge is 0.464 e. The van der Waals surface area contributed by atoms with Crippen molar-refractivity contribution in [1.29, 1.82) is 0 Å². The highest BCUT2D eigenvalue weighted by Gasteiger charge is 2.58. The highest BCUT2D eigenvalue weighted by Crippen LogP contribution is 2.49. The summed E-state index contributed by atoms with van der Waals surface area (Å²) in [5.74, 6) is -0.801. The predicted molar refractivity (Wildman–Crippen MR) is 89.6 cm³/mol. The Morgan fingerprint density at radius 3 is 2.45 bits per heavy atom. The molecule has 0 aromatic heterocycles. The summed E-state index contributed by atoms with van der Waals surface area (Å²) < 4.78 is 28.0. The van der Waals surface area contributed by atoms with E-state index in [1.165, 1.54) is 7.05 Å². The van der Waals surface area contributed by atoms with E-state index in [2.05, 4.69) is 4.99 Å². The molecule has 0 aliphatic carbocycles. The van der Waals surface area contributed by atoms with Crippen molar-refractivity contribution in [2.45, 2.75) is 11.0 Å². The fourth-order valence-corrected chi connectivity index (χ4v) is 5.10. The van der Waals surface area contributed by atoms with Crippen molar-refractivity contribution < 1.29 is 17.9 Å². The van der Waals surface area contributed by atoms with Gasteiger partial charge >= 0.3 is 5.97 Å². The third-order valence-corrected chi connectivity index (χ3v) is 7.04. The van der Waals surface area contributed by atoms with E-state index in [1.807, 2.05) is 30.3 Å². The molecular weight excluding hydrogens is 322 g/mol. The van der Waals surface area contributed by atoms with Gasteiger partial charge in [-0.1, -0.05) is 42.1 Å². The number of ether oxygens (including phenoxy) is 1. The van der Waals surface area contributed by atoms with Crippen LogP contribution < -0.4 is 0 Å². The van der Waals surface area contributed by atoms with E-state index >= 15 is 0 Å². The maximum Gasteiger partial charge on any atom is 0.344 e. The molecule has 5 nitrogen and oxygen atoms in total. The van der Waals surface area contributed by atoms with Crippen molar-refractivity contribution in [2.24, 2.45) is 4.99 Å². The molecule has 7 heteroatoms. The lowest BCUT2D eigenvalue weighted by Gasteiger charge is -2.25. The van der Waals surface area contributed by atoms with E-state index in [0.717, 1.165) is 23.6 Å². The van der Waals surface area contributed by atoms with Crippen LogP contribution in [0.2, 0.25) is 0 Å². The van der Waals surface area contributed by atoms with Crippen molar-refractivity contribution in [3.05, 3.63) is 42.0 Å². The number of benzene rings is 1. The molecule has 1 aliphatic rings. The quantitative estimate of drug-likeness (QED) is 0.786. The van der Waals surface area contributed by atoms with Gasteiger partial charge in [-0.2, -0.15) is 0 Å². The second-order valence-corrected chi connectivity index (χ2v) is 8.37. The first kappa shape index (κ1) is 16.8. The number of hydrogen-bond acceptors (Lipinski definition) is 6. The molecule has 1 aliphatic heterocycles. The molecule has 118 valence electrons. The van der Waals surface area contributed by atoms with Crippen LogP contribution in [0.25, 0.3) is 4.91 Å². The molecule has 1 heterocycles. The summed E-state index contributed by atoms with van der Waals surface area (Å²) in [7, 11) is -2.31. The maximum absolute atomic E-state index is 12.4. The smallest absolute Gasteiger partial charge is 0.344 e. The number of carbonyl (C=O) groups is 1. The molecular formula is C15H17NO4S2. The van der Waals surface area contributed by atoms with E-state index in [-0.39, 0.29) is 12.3 Å². The third-order valence-electron chi connectivity index (χ3n) is 3.22. The summed E-state index contributed by atoms with van der Waals surface area (Å²) in [5.41, 5.74) is 1.03. The lowest BCUT2D eigenvalue weighted by Crippen LogP contribution is -2.48. The van der Waals surface area contributed by atoms with Crippen LogP contribution in [0.15, 0.2) is 41.4 Å². The van der Waals surface area contributed by atoms with E-state index < -0.39 is 19.9 Å². The first-order valence-corrected chi connectivity index (χ1v) is 9.37. The predicted octanol–water partition coefficient (Wildman–Crippen LogP) is 2.15. The molecule has 1 atom stereocenters. The molecule has 0 radical (unpaired) electrons. The number of esters is 1. The Labute approximate surface area is 134 Å². The monoisotopic (exact) mass is 339 g/mol. The van der Waals surface area contributed by atoms with Crippen LogP contribution in [0.4, 0.5) is 0 Å². The summed E-state index contributed by atoms with van der Waals surface area (Å²) in [5, 5.41) is 0. The number of aliphatic imine (C=N–C) groups is 1. The van der Waals surface area contributed by atoms with Crippen LogP contribution >= 0.6 is 11.8 Å². The summed E-state index contributed by atoms with van der Waals surface area (Å²) in [6.07, 6.45) is 2.67. The minimum Gasteiger partial charge on any atom is -0.464 e. The highest BCUT2D eigenvalue weighted by atomic mass is 32.3. The van der Waals surface area contributed by atoms with Crippen LogP contribution in [0, 0.1) is 0 Å². The van der Waals surface area contributed by atoms with Gasteiger partial charge in [-0.3, -0.25) is 4.99 Å². The first-order chi connectivity index (χ1) is 10.4. The van der Waals surface area contributed by atoms with Crippen LogP contribution in [0.5, 0.6) is 0 Å². The molecule has 2 rings (SSSR count). The second-order valence-electron chi connectivity index (χ2n) is 4.69. The number of rotatable bonds is 4. The first-order valence-electron chi connectivity index (χ1n) is 6.67. The average Bonchev–Trinajstić information content (AvgIpc) is 2.89.